The van der Waals surface area contributed by atoms with Gasteiger partial charge in [-0.15, -0.1) is 0 Å². The van der Waals surface area contributed by atoms with Gasteiger partial charge >= 0.3 is 0 Å². The topological polar surface area (TPSA) is 126 Å². The van der Waals surface area contributed by atoms with E-state index in [2.05, 4.69) is 16.0 Å². The molecule has 3 atom stereocenters. The van der Waals surface area contributed by atoms with Gasteiger partial charge in [-0.05, 0) is 79.8 Å². The van der Waals surface area contributed by atoms with Crippen molar-refractivity contribution in [2.45, 2.75) is 70.5 Å². The number of para-hydroxylation sites is 1. The zero-order valence-electron chi connectivity index (χ0n) is 27.8. The zero-order chi connectivity index (χ0) is 33.9. The molecular formula is C38H46N4O6. The summed E-state index contributed by atoms with van der Waals surface area (Å²) in [5, 5.41) is 8.70. The lowest BCUT2D eigenvalue weighted by molar-refractivity contribution is -0.138. The van der Waals surface area contributed by atoms with Gasteiger partial charge in [0.05, 0.1) is 26.6 Å². The summed E-state index contributed by atoms with van der Waals surface area (Å²) in [7, 11) is 1.53. The van der Waals surface area contributed by atoms with Crippen LogP contribution in [-0.4, -0.2) is 67.4 Å². The van der Waals surface area contributed by atoms with Gasteiger partial charge in [0.1, 0.15) is 23.6 Å². The van der Waals surface area contributed by atoms with Crippen molar-refractivity contribution >= 4 is 23.6 Å². The summed E-state index contributed by atoms with van der Waals surface area (Å²) in [6.45, 7) is 3.90. The predicted molar refractivity (Wildman–Crippen MR) is 182 cm³/mol. The molecule has 0 aliphatic carbocycles. The Labute approximate surface area is 282 Å². The van der Waals surface area contributed by atoms with E-state index in [9.17, 15) is 19.2 Å². The van der Waals surface area contributed by atoms with Crippen LogP contribution >= 0.6 is 0 Å². The summed E-state index contributed by atoms with van der Waals surface area (Å²) in [5.74, 6) is -0.0194. The minimum Gasteiger partial charge on any atom is -0.496 e. The van der Waals surface area contributed by atoms with Gasteiger partial charge in [-0.3, -0.25) is 19.2 Å². The molecule has 3 aromatic carbocycles. The summed E-state index contributed by atoms with van der Waals surface area (Å²) < 4.78 is 11.5. The van der Waals surface area contributed by atoms with Gasteiger partial charge in [-0.25, -0.2) is 0 Å². The van der Waals surface area contributed by atoms with Crippen molar-refractivity contribution < 1.29 is 28.7 Å². The van der Waals surface area contributed by atoms with Crippen LogP contribution in [0.4, 0.5) is 0 Å². The molecule has 1 saturated heterocycles. The molecule has 5 rings (SSSR count). The summed E-state index contributed by atoms with van der Waals surface area (Å²) in [6.07, 6.45) is 3.23. The van der Waals surface area contributed by atoms with Crippen LogP contribution in [0.25, 0.3) is 0 Å². The normalized spacial score (nSPS) is 20.8. The van der Waals surface area contributed by atoms with Crippen LogP contribution in [0.1, 0.15) is 54.4 Å². The number of aryl methyl sites for hydroxylation is 2. The number of amides is 4. The third-order valence-corrected chi connectivity index (χ3v) is 9.21. The fraction of sp³-hybridized carbons (Fsp3) is 0.421. The number of benzene rings is 3. The Morgan fingerprint density at radius 3 is 2.60 bits per heavy atom. The van der Waals surface area contributed by atoms with Crippen LogP contribution in [0.3, 0.4) is 0 Å². The molecule has 1 fully saturated rings. The molecule has 2 aliphatic heterocycles. The summed E-state index contributed by atoms with van der Waals surface area (Å²) in [4.78, 5) is 56.5. The van der Waals surface area contributed by atoms with E-state index in [-0.39, 0.29) is 37.1 Å². The van der Waals surface area contributed by atoms with Crippen molar-refractivity contribution in [2.24, 2.45) is 5.92 Å². The first-order valence-electron chi connectivity index (χ1n) is 16.8. The maximum atomic E-state index is 14.0. The third-order valence-electron chi connectivity index (χ3n) is 9.21. The van der Waals surface area contributed by atoms with Gasteiger partial charge < -0.3 is 30.3 Å². The number of hydrogen-bond acceptors (Lipinski definition) is 6. The molecule has 0 radical (unpaired) electrons. The first kappa shape index (κ1) is 34.5. The Kier molecular flexibility index (Phi) is 12.1. The van der Waals surface area contributed by atoms with Gasteiger partial charge in [0.2, 0.25) is 23.6 Å². The largest absolute Gasteiger partial charge is 0.496 e. The molecule has 4 bridgehead atoms. The average molecular weight is 655 g/mol. The molecule has 254 valence electrons. The maximum absolute atomic E-state index is 14.0. The molecule has 3 N–H and O–H groups in total. The van der Waals surface area contributed by atoms with Crippen molar-refractivity contribution in [1.82, 2.24) is 20.9 Å². The highest BCUT2D eigenvalue weighted by Crippen LogP contribution is 2.23. The standard InChI is InChI=1S/C38H46N4O6/c1-26-14-16-31-21-30(26)24-39-37(45)32(17-15-27-9-4-3-5-10-27)41-38(46)33(40-35(43)22-29-12-6-7-13-34(29)47-2)23-36(44)42-19-8-11-28(25-42)18-20-48-31/h3-7,9-10,12-14,16,21,28,32-33H,8,11,15,17-20,22-25H2,1-2H3,(H,39,45)(H,40,43)(H,41,46)/t28?,32-,33-/m0/s1. The van der Waals surface area contributed by atoms with E-state index in [0.29, 0.717) is 43.9 Å². The number of carbonyl (C=O) groups excluding carboxylic acids is 4. The second-order valence-electron chi connectivity index (χ2n) is 12.7. The van der Waals surface area contributed by atoms with Crippen LogP contribution in [0.5, 0.6) is 11.5 Å². The fourth-order valence-electron chi connectivity index (χ4n) is 6.38. The second kappa shape index (κ2) is 16.8. The number of nitrogens with one attached hydrogen (secondary N) is 3. The molecule has 10 heteroatoms. The molecule has 2 heterocycles. The summed E-state index contributed by atoms with van der Waals surface area (Å²) in [5.41, 5.74) is 3.62. The number of nitrogens with zero attached hydrogens (tertiary/aromatic N) is 1. The van der Waals surface area contributed by atoms with Crippen molar-refractivity contribution in [2.75, 3.05) is 26.8 Å². The molecule has 1 unspecified atom stereocenters. The molecule has 0 aromatic heterocycles. The van der Waals surface area contributed by atoms with Crippen LogP contribution < -0.4 is 25.4 Å². The van der Waals surface area contributed by atoms with E-state index < -0.39 is 23.9 Å². The Hall–Kier alpha value is -4.86. The molecule has 3 aromatic rings. The lowest BCUT2D eigenvalue weighted by atomic mass is 9.94. The molecule has 2 aliphatic rings. The van der Waals surface area contributed by atoms with E-state index >= 15 is 0 Å². The number of carbonyl (C=O) groups is 4. The molecule has 0 saturated carbocycles. The smallest absolute Gasteiger partial charge is 0.243 e. The predicted octanol–water partition coefficient (Wildman–Crippen LogP) is 3.88. The van der Waals surface area contributed by atoms with E-state index in [1.54, 1.807) is 17.0 Å². The lowest BCUT2D eigenvalue weighted by Crippen LogP contribution is -2.55. The lowest BCUT2D eigenvalue weighted by Gasteiger charge is -2.34. The Morgan fingerprint density at radius 2 is 1.79 bits per heavy atom. The molecule has 4 amide bonds. The van der Waals surface area contributed by atoms with E-state index in [4.69, 9.17) is 9.47 Å². The van der Waals surface area contributed by atoms with Crippen LogP contribution in [0, 0.1) is 12.8 Å². The number of methoxy groups -OCH3 is 1. The van der Waals surface area contributed by atoms with Crippen molar-refractivity contribution in [3.8, 4) is 11.5 Å². The number of fused-ring (bicyclic) bond motifs is 4. The highest BCUT2D eigenvalue weighted by atomic mass is 16.5. The zero-order valence-corrected chi connectivity index (χ0v) is 27.8. The van der Waals surface area contributed by atoms with Gasteiger partial charge in [0.15, 0.2) is 0 Å². The minimum atomic E-state index is -1.17. The SMILES string of the molecule is COc1ccccc1CC(=O)N[C@H]1CC(=O)N2CCCC(CCOc3ccc(C)c(c3)CNC(=O)[C@H](CCc3ccccc3)NC1=O)C2. The molecular weight excluding hydrogens is 608 g/mol. The highest BCUT2D eigenvalue weighted by molar-refractivity contribution is 5.95. The molecule has 48 heavy (non-hydrogen) atoms. The minimum absolute atomic E-state index is 0.0376. The Bertz CT molecular complexity index is 1580. The highest BCUT2D eigenvalue weighted by Gasteiger charge is 2.32. The van der Waals surface area contributed by atoms with E-state index in [1.807, 2.05) is 67.6 Å². The summed E-state index contributed by atoms with van der Waals surface area (Å²) >= 11 is 0. The Balaban J connectivity index is 1.41. The third kappa shape index (κ3) is 9.59. The summed E-state index contributed by atoms with van der Waals surface area (Å²) in [6, 6.07) is 20.7. The Morgan fingerprint density at radius 1 is 1.00 bits per heavy atom. The van der Waals surface area contributed by atoms with E-state index in [1.165, 1.54) is 7.11 Å². The molecule has 10 nitrogen and oxygen atoms in total. The monoisotopic (exact) mass is 654 g/mol. The second-order valence-corrected chi connectivity index (χ2v) is 12.7. The van der Waals surface area contributed by atoms with Crippen LogP contribution in [0.2, 0.25) is 0 Å². The fourth-order valence-corrected chi connectivity index (χ4v) is 6.38. The first-order chi connectivity index (χ1) is 23.3. The average Bonchev–Trinajstić information content (AvgIpc) is 3.10. The van der Waals surface area contributed by atoms with Gasteiger partial charge in [-0.1, -0.05) is 54.6 Å². The van der Waals surface area contributed by atoms with Crippen LogP contribution in [-0.2, 0) is 38.6 Å². The van der Waals surface area contributed by atoms with Gasteiger partial charge in [-0.2, -0.15) is 0 Å². The first-order valence-corrected chi connectivity index (χ1v) is 16.8. The number of rotatable bonds is 7. The van der Waals surface area contributed by atoms with Crippen LogP contribution in [0.15, 0.2) is 72.8 Å². The van der Waals surface area contributed by atoms with Gasteiger partial charge in [0.25, 0.3) is 0 Å². The maximum Gasteiger partial charge on any atom is 0.243 e. The van der Waals surface area contributed by atoms with Crippen molar-refractivity contribution in [1.29, 1.82) is 0 Å². The number of ether oxygens (including phenoxy) is 2. The van der Waals surface area contributed by atoms with Crippen molar-refractivity contribution in [3.05, 3.63) is 95.1 Å². The molecule has 0 spiro atoms. The number of hydrogen-bond donors (Lipinski definition) is 3. The quantitative estimate of drug-likeness (QED) is 0.355. The van der Waals surface area contributed by atoms with Gasteiger partial charge in [0, 0.05) is 25.2 Å². The van der Waals surface area contributed by atoms with E-state index in [0.717, 1.165) is 41.7 Å². The van der Waals surface area contributed by atoms with Crippen molar-refractivity contribution in [3.63, 3.8) is 0 Å². The number of piperidine rings is 1.